The molecule has 1 aliphatic rings. The molecule has 180 valence electrons. The van der Waals surface area contributed by atoms with Crippen LogP contribution in [0.4, 0.5) is 0 Å². The number of hydrogen-bond acceptors (Lipinski definition) is 0. The van der Waals surface area contributed by atoms with Crippen molar-refractivity contribution in [3.8, 4) is 0 Å². The number of rotatable bonds is 0. The van der Waals surface area contributed by atoms with Gasteiger partial charge in [-0.05, 0) is 57.1 Å². The van der Waals surface area contributed by atoms with E-state index in [1.807, 2.05) is 0 Å². The summed E-state index contributed by atoms with van der Waals surface area (Å²) in [5.74, 6) is 0. The van der Waals surface area contributed by atoms with E-state index in [9.17, 15) is 0 Å². The van der Waals surface area contributed by atoms with Gasteiger partial charge in [-0.15, -0.1) is 0 Å². The molecular formula is C31H48N2+2. The van der Waals surface area contributed by atoms with Crippen LogP contribution in [0.5, 0.6) is 0 Å². The third-order valence-electron chi connectivity index (χ3n) is 7.03. The van der Waals surface area contributed by atoms with Crippen molar-refractivity contribution >= 4 is 0 Å². The number of nitrogens with zero attached hydrogens (tertiary/aromatic N) is 2. The standard InChI is InChI=1S/C31H48N2/c1-2-6-10-14-20-30-22-18-27-33(28-30)25-17-13-9-5-3-7-11-15-21-31-23-19-26-32(29-31)24-16-12-8-4-1/h10,14,18-19,22-23,26-29H,1-9,11-13,15-17,20-21,24-25H2/q+2/b14-10-. The van der Waals surface area contributed by atoms with Crippen molar-refractivity contribution in [3.63, 3.8) is 0 Å². The number of fused-ring (bicyclic) bond motifs is 4. The van der Waals surface area contributed by atoms with E-state index in [0.717, 1.165) is 13.0 Å². The highest BCUT2D eigenvalue weighted by Gasteiger charge is 2.04. The Morgan fingerprint density at radius 1 is 0.485 bits per heavy atom. The molecule has 0 N–H and O–H groups in total. The molecule has 0 saturated carbocycles. The number of allylic oxidation sites excluding steroid dienone is 2. The lowest BCUT2D eigenvalue weighted by molar-refractivity contribution is -0.697. The van der Waals surface area contributed by atoms with E-state index in [1.165, 1.54) is 120 Å². The van der Waals surface area contributed by atoms with Gasteiger partial charge in [-0.1, -0.05) is 63.5 Å². The van der Waals surface area contributed by atoms with Crippen molar-refractivity contribution in [2.24, 2.45) is 0 Å². The molecule has 0 aliphatic carbocycles. The van der Waals surface area contributed by atoms with Crippen LogP contribution < -0.4 is 9.13 Å². The molecule has 33 heavy (non-hydrogen) atoms. The van der Waals surface area contributed by atoms with E-state index in [-0.39, 0.29) is 0 Å². The Labute approximate surface area is 203 Å². The summed E-state index contributed by atoms with van der Waals surface area (Å²) in [4.78, 5) is 0. The molecule has 1 aliphatic heterocycles. The smallest absolute Gasteiger partial charge is 0.172 e. The number of hydrogen-bond donors (Lipinski definition) is 0. The summed E-state index contributed by atoms with van der Waals surface area (Å²) in [6, 6.07) is 9.05. The molecule has 2 heteroatoms. The van der Waals surface area contributed by atoms with E-state index in [2.05, 4.69) is 70.3 Å². The Kier molecular flexibility index (Phi) is 12.9. The van der Waals surface area contributed by atoms with Gasteiger partial charge in [-0.25, -0.2) is 9.13 Å². The van der Waals surface area contributed by atoms with E-state index in [4.69, 9.17) is 0 Å². The summed E-state index contributed by atoms with van der Waals surface area (Å²) in [6.45, 7) is 2.34. The monoisotopic (exact) mass is 448 g/mol. The van der Waals surface area contributed by atoms with Gasteiger partial charge in [0.15, 0.2) is 24.8 Å². The van der Waals surface area contributed by atoms with Crippen molar-refractivity contribution < 1.29 is 9.13 Å². The fourth-order valence-electron chi connectivity index (χ4n) is 4.98. The number of aryl methyl sites for hydroxylation is 3. The maximum Gasteiger partial charge on any atom is 0.172 e. The maximum atomic E-state index is 2.42. The fraction of sp³-hybridized carbons (Fsp3) is 0.613. The van der Waals surface area contributed by atoms with Gasteiger partial charge < -0.3 is 0 Å². The van der Waals surface area contributed by atoms with Gasteiger partial charge in [0.25, 0.3) is 0 Å². The zero-order valence-corrected chi connectivity index (χ0v) is 21.1. The minimum Gasteiger partial charge on any atom is -0.205 e. The lowest BCUT2D eigenvalue weighted by Gasteiger charge is -2.04. The lowest BCUT2D eigenvalue weighted by Crippen LogP contribution is -2.33. The Hall–Kier alpha value is -1.96. The fourth-order valence-corrected chi connectivity index (χ4v) is 4.98. The third-order valence-corrected chi connectivity index (χ3v) is 7.03. The second-order valence-corrected chi connectivity index (χ2v) is 10.1. The first-order valence-corrected chi connectivity index (χ1v) is 14.0. The predicted octanol–water partition coefficient (Wildman–Crippen LogP) is 7.47. The average Bonchev–Trinajstić information content (AvgIpc) is 2.84. The number of aromatic nitrogens is 2. The van der Waals surface area contributed by atoms with E-state index >= 15 is 0 Å². The van der Waals surface area contributed by atoms with Crippen molar-refractivity contribution in [3.05, 3.63) is 72.3 Å². The highest BCUT2D eigenvalue weighted by atomic mass is 14.9. The first-order valence-electron chi connectivity index (χ1n) is 14.0. The van der Waals surface area contributed by atoms with Crippen molar-refractivity contribution in [1.82, 2.24) is 0 Å². The summed E-state index contributed by atoms with van der Waals surface area (Å²) in [5, 5.41) is 0. The summed E-state index contributed by atoms with van der Waals surface area (Å²) in [5.41, 5.74) is 2.96. The summed E-state index contributed by atoms with van der Waals surface area (Å²) in [7, 11) is 0. The molecule has 2 aromatic rings. The van der Waals surface area contributed by atoms with Crippen LogP contribution in [-0.4, -0.2) is 0 Å². The molecule has 0 saturated heterocycles. The molecule has 0 aromatic carbocycles. The van der Waals surface area contributed by atoms with Gasteiger partial charge in [0.2, 0.25) is 0 Å². The van der Waals surface area contributed by atoms with Gasteiger partial charge in [-0.3, -0.25) is 0 Å². The maximum absolute atomic E-state index is 2.42. The molecular weight excluding hydrogens is 400 g/mol. The minimum absolute atomic E-state index is 1.07. The van der Waals surface area contributed by atoms with Crippen molar-refractivity contribution in [2.45, 2.75) is 122 Å². The largest absolute Gasteiger partial charge is 0.205 e. The average molecular weight is 449 g/mol. The molecule has 3 heterocycles. The van der Waals surface area contributed by atoms with Gasteiger partial charge in [0, 0.05) is 36.1 Å². The van der Waals surface area contributed by atoms with Crippen LogP contribution >= 0.6 is 0 Å². The van der Waals surface area contributed by atoms with Gasteiger partial charge in [-0.2, -0.15) is 0 Å². The zero-order chi connectivity index (χ0) is 22.8. The van der Waals surface area contributed by atoms with Crippen LogP contribution in [-0.2, 0) is 25.9 Å². The van der Waals surface area contributed by atoms with E-state index < -0.39 is 0 Å². The van der Waals surface area contributed by atoms with Crippen LogP contribution in [0.2, 0.25) is 0 Å². The van der Waals surface area contributed by atoms with E-state index in [1.54, 1.807) is 0 Å². The molecule has 2 nitrogen and oxygen atoms in total. The quantitative estimate of drug-likeness (QED) is 0.292. The minimum atomic E-state index is 1.07. The van der Waals surface area contributed by atoms with Crippen LogP contribution in [0.1, 0.15) is 107 Å². The van der Waals surface area contributed by atoms with Crippen molar-refractivity contribution in [1.29, 1.82) is 0 Å². The second-order valence-electron chi connectivity index (χ2n) is 10.1. The van der Waals surface area contributed by atoms with Gasteiger partial charge >= 0.3 is 0 Å². The molecule has 0 atom stereocenters. The van der Waals surface area contributed by atoms with Crippen LogP contribution in [0.15, 0.2) is 61.2 Å². The Balaban J connectivity index is 1.43. The highest BCUT2D eigenvalue weighted by Crippen LogP contribution is 2.12. The summed E-state index contributed by atoms with van der Waals surface area (Å²) < 4.78 is 4.81. The molecule has 0 radical (unpaired) electrons. The normalized spacial score (nSPS) is 19.9. The topological polar surface area (TPSA) is 7.76 Å². The molecule has 3 rings (SSSR count). The molecule has 0 fully saturated rings. The van der Waals surface area contributed by atoms with Crippen molar-refractivity contribution in [2.75, 3.05) is 0 Å². The van der Waals surface area contributed by atoms with Gasteiger partial charge in [0.05, 0.1) is 0 Å². The van der Waals surface area contributed by atoms with Crippen LogP contribution in [0.3, 0.4) is 0 Å². The predicted molar refractivity (Wildman–Crippen MR) is 139 cm³/mol. The number of pyridine rings is 2. The Bertz CT molecular complexity index is 795. The molecule has 0 amide bonds. The summed E-state index contributed by atoms with van der Waals surface area (Å²) in [6.07, 6.45) is 36.7. The SMILES string of the molecule is C1=C\Cc2ccc[n+](c2)CCCCCCCCCCc2ccc[n+](c2)CCCCCCCC/1. The molecule has 0 unspecified atom stereocenters. The molecule has 0 spiro atoms. The molecule has 2 aromatic heterocycles. The Morgan fingerprint density at radius 3 is 1.67 bits per heavy atom. The lowest BCUT2D eigenvalue weighted by atomic mass is 10.0. The van der Waals surface area contributed by atoms with Gasteiger partial charge in [0.1, 0.15) is 13.1 Å². The van der Waals surface area contributed by atoms with Crippen LogP contribution in [0.25, 0.3) is 0 Å². The molecule has 4 bridgehead atoms. The van der Waals surface area contributed by atoms with E-state index in [0.29, 0.717) is 0 Å². The first-order chi connectivity index (χ1) is 16.4. The Morgan fingerprint density at radius 2 is 1.00 bits per heavy atom. The third kappa shape index (κ3) is 11.6. The zero-order valence-electron chi connectivity index (χ0n) is 21.1. The second kappa shape index (κ2) is 16.6. The van der Waals surface area contributed by atoms with Crippen LogP contribution in [0, 0.1) is 0 Å². The highest BCUT2D eigenvalue weighted by molar-refractivity contribution is 5.10. The summed E-state index contributed by atoms with van der Waals surface area (Å²) >= 11 is 0. The first kappa shape index (κ1) is 25.7.